The zero-order chi connectivity index (χ0) is 20.3. The summed E-state index contributed by atoms with van der Waals surface area (Å²) in [4.78, 5) is 12.9. The third-order valence-corrected chi connectivity index (χ3v) is 6.42. The number of carbonyl (C=O) groups is 1. The highest BCUT2D eigenvalue weighted by Gasteiger charge is 2.15. The summed E-state index contributed by atoms with van der Waals surface area (Å²) in [6, 6.07) is 28.6. The van der Waals surface area contributed by atoms with Gasteiger partial charge in [0, 0.05) is 16.6 Å². The largest absolute Gasteiger partial charge is 0.321 e. The van der Waals surface area contributed by atoms with Crippen LogP contribution in [0.15, 0.2) is 102 Å². The van der Waals surface area contributed by atoms with Crippen LogP contribution in [-0.2, 0) is 15.6 Å². The second-order valence-electron chi connectivity index (χ2n) is 6.75. The van der Waals surface area contributed by atoms with Gasteiger partial charge in [-0.3, -0.25) is 4.79 Å². The van der Waals surface area contributed by atoms with E-state index in [0.717, 1.165) is 16.5 Å². The second-order valence-corrected chi connectivity index (χ2v) is 8.74. The van der Waals surface area contributed by atoms with E-state index in [1.807, 2.05) is 42.5 Å². The zero-order valence-corrected chi connectivity index (χ0v) is 16.4. The Morgan fingerprint density at radius 3 is 2.14 bits per heavy atom. The van der Waals surface area contributed by atoms with E-state index in [4.69, 9.17) is 0 Å². The Morgan fingerprint density at radius 2 is 1.38 bits per heavy atom. The van der Waals surface area contributed by atoms with Crippen LogP contribution in [0.2, 0.25) is 0 Å². The van der Waals surface area contributed by atoms with Crippen LogP contribution in [0.5, 0.6) is 0 Å². The maximum Gasteiger partial charge on any atom is 0.255 e. The average Bonchev–Trinajstić information content (AvgIpc) is 2.75. The SMILES string of the molecule is O=C(Nc1cccc2ccccc12)c1ccc(CS(=O)(=O)c2ccccc2)cc1. The topological polar surface area (TPSA) is 63.2 Å². The smallest absolute Gasteiger partial charge is 0.255 e. The number of amides is 1. The monoisotopic (exact) mass is 401 g/mol. The Morgan fingerprint density at radius 1 is 0.724 bits per heavy atom. The molecule has 0 spiro atoms. The average molecular weight is 401 g/mol. The van der Waals surface area contributed by atoms with Gasteiger partial charge in [0.2, 0.25) is 0 Å². The molecule has 0 aliphatic carbocycles. The molecule has 0 unspecified atom stereocenters. The van der Waals surface area contributed by atoms with Crippen molar-refractivity contribution in [3.05, 3.63) is 108 Å². The van der Waals surface area contributed by atoms with E-state index in [0.29, 0.717) is 11.1 Å². The molecule has 0 aliphatic heterocycles. The lowest BCUT2D eigenvalue weighted by Gasteiger charge is -2.09. The molecule has 4 aromatic carbocycles. The molecule has 4 nitrogen and oxygen atoms in total. The van der Waals surface area contributed by atoms with Crippen molar-refractivity contribution in [1.82, 2.24) is 0 Å². The normalized spacial score (nSPS) is 11.3. The van der Waals surface area contributed by atoms with Crippen molar-refractivity contribution >= 4 is 32.2 Å². The van der Waals surface area contributed by atoms with Crippen molar-refractivity contribution in [2.45, 2.75) is 10.6 Å². The first kappa shape index (κ1) is 18.9. The van der Waals surface area contributed by atoms with Crippen molar-refractivity contribution in [1.29, 1.82) is 0 Å². The molecule has 0 saturated carbocycles. The predicted molar refractivity (Wildman–Crippen MR) is 116 cm³/mol. The summed E-state index contributed by atoms with van der Waals surface area (Å²) in [5.41, 5.74) is 1.85. The van der Waals surface area contributed by atoms with Gasteiger partial charge in [-0.1, -0.05) is 66.7 Å². The highest BCUT2D eigenvalue weighted by atomic mass is 32.2. The molecule has 0 heterocycles. The fourth-order valence-corrected chi connectivity index (χ4v) is 4.58. The number of hydrogen-bond acceptors (Lipinski definition) is 3. The first-order valence-corrected chi connectivity index (χ1v) is 10.8. The van der Waals surface area contributed by atoms with Gasteiger partial charge in [0.25, 0.3) is 5.91 Å². The molecule has 144 valence electrons. The van der Waals surface area contributed by atoms with E-state index in [1.165, 1.54) is 0 Å². The lowest BCUT2D eigenvalue weighted by Crippen LogP contribution is -2.12. The third-order valence-electron chi connectivity index (χ3n) is 4.71. The minimum Gasteiger partial charge on any atom is -0.321 e. The minimum absolute atomic E-state index is 0.109. The van der Waals surface area contributed by atoms with Crippen LogP contribution < -0.4 is 5.32 Å². The second kappa shape index (κ2) is 7.89. The molecule has 1 amide bonds. The van der Waals surface area contributed by atoms with Gasteiger partial charge >= 0.3 is 0 Å². The maximum absolute atomic E-state index is 12.6. The molecule has 0 atom stereocenters. The number of carbonyl (C=O) groups excluding carboxylic acids is 1. The first-order valence-electron chi connectivity index (χ1n) is 9.19. The summed E-state index contributed by atoms with van der Waals surface area (Å²) in [6.45, 7) is 0. The molecule has 1 N–H and O–H groups in total. The van der Waals surface area contributed by atoms with Gasteiger partial charge in [-0.25, -0.2) is 8.42 Å². The van der Waals surface area contributed by atoms with E-state index in [9.17, 15) is 13.2 Å². The third kappa shape index (κ3) is 4.20. The van der Waals surface area contributed by atoms with Gasteiger partial charge in [0.1, 0.15) is 0 Å². The van der Waals surface area contributed by atoms with Gasteiger partial charge in [-0.05, 0) is 41.3 Å². The predicted octanol–water partition coefficient (Wildman–Crippen LogP) is 5.07. The van der Waals surface area contributed by atoms with Crippen LogP contribution in [0.3, 0.4) is 0 Å². The van der Waals surface area contributed by atoms with E-state index in [1.54, 1.807) is 54.6 Å². The molecule has 4 aromatic rings. The van der Waals surface area contributed by atoms with Gasteiger partial charge < -0.3 is 5.32 Å². The Labute approximate surface area is 169 Å². The van der Waals surface area contributed by atoms with Crippen LogP contribution >= 0.6 is 0 Å². The van der Waals surface area contributed by atoms with E-state index < -0.39 is 9.84 Å². The number of benzene rings is 4. The Hall–Kier alpha value is -3.44. The number of fused-ring (bicyclic) bond motifs is 1. The van der Waals surface area contributed by atoms with Crippen molar-refractivity contribution in [2.24, 2.45) is 0 Å². The lowest BCUT2D eigenvalue weighted by atomic mass is 10.1. The van der Waals surface area contributed by atoms with Crippen LogP contribution in [0.25, 0.3) is 10.8 Å². The van der Waals surface area contributed by atoms with E-state index >= 15 is 0 Å². The first-order chi connectivity index (χ1) is 14.0. The van der Waals surface area contributed by atoms with Gasteiger partial charge in [0.05, 0.1) is 10.6 Å². The summed E-state index contributed by atoms with van der Waals surface area (Å²) < 4.78 is 25.0. The van der Waals surface area contributed by atoms with Gasteiger partial charge in [0.15, 0.2) is 9.84 Å². The highest BCUT2D eigenvalue weighted by Crippen LogP contribution is 2.24. The van der Waals surface area contributed by atoms with Crippen molar-refractivity contribution in [3.63, 3.8) is 0 Å². The number of anilines is 1. The number of nitrogens with one attached hydrogen (secondary N) is 1. The molecule has 0 fully saturated rings. The number of hydrogen-bond donors (Lipinski definition) is 1. The van der Waals surface area contributed by atoms with Crippen molar-refractivity contribution < 1.29 is 13.2 Å². The van der Waals surface area contributed by atoms with Crippen LogP contribution in [0.4, 0.5) is 5.69 Å². The molecule has 4 rings (SSSR count). The zero-order valence-electron chi connectivity index (χ0n) is 15.6. The molecule has 0 aromatic heterocycles. The fourth-order valence-electron chi connectivity index (χ4n) is 3.21. The van der Waals surface area contributed by atoms with Crippen molar-refractivity contribution in [2.75, 3.05) is 5.32 Å². The minimum atomic E-state index is -3.42. The quantitative estimate of drug-likeness (QED) is 0.508. The lowest BCUT2D eigenvalue weighted by molar-refractivity contribution is 0.102. The summed E-state index contributed by atoms with van der Waals surface area (Å²) in [5.74, 6) is -0.346. The molecule has 0 aliphatic rings. The Balaban J connectivity index is 1.51. The summed E-state index contributed by atoms with van der Waals surface area (Å²) in [5, 5.41) is 4.95. The summed E-state index contributed by atoms with van der Waals surface area (Å²) >= 11 is 0. The standard InChI is InChI=1S/C24H19NO3S/c26-24(25-23-12-6-8-19-7-4-5-11-22(19)23)20-15-13-18(14-16-20)17-29(27,28)21-9-2-1-3-10-21/h1-16H,17H2,(H,25,26). The summed E-state index contributed by atoms with van der Waals surface area (Å²) in [7, 11) is -3.42. The molecule has 0 saturated heterocycles. The van der Waals surface area contributed by atoms with E-state index in [-0.39, 0.29) is 16.6 Å². The summed E-state index contributed by atoms with van der Waals surface area (Å²) in [6.07, 6.45) is 0. The number of rotatable bonds is 5. The molecule has 29 heavy (non-hydrogen) atoms. The number of sulfone groups is 1. The van der Waals surface area contributed by atoms with E-state index in [2.05, 4.69) is 5.32 Å². The van der Waals surface area contributed by atoms with Gasteiger partial charge in [-0.2, -0.15) is 0 Å². The molecular weight excluding hydrogens is 382 g/mol. The van der Waals surface area contributed by atoms with Crippen LogP contribution in [0, 0.1) is 0 Å². The Kier molecular flexibility index (Phi) is 5.14. The molecule has 0 radical (unpaired) electrons. The van der Waals surface area contributed by atoms with Crippen molar-refractivity contribution in [3.8, 4) is 0 Å². The molecular formula is C24H19NO3S. The molecule has 0 bridgehead atoms. The van der Waals surface area contributed by atoms with Crippen LogP contribution in [0.1, 0.15) is 15.9 Å². The maximum atomic E-state index is 12.6. The Bertz CT molecular complexity index is 1260. The fraction of sp³-hybridized carbons (Fsp3) is 0.0417. The van der Waals surface area contributed by atoms with Crippen LogP contribution in [-0.4, -0.2) is 14.3 Å². The highest BCUT2D eigenvalue weighted by molar-refractivity contribution is 7.90. The molecule has 5 heteroatoms. The van der Waals surface area contributed by atoms with Gasteiger partial charge in [-0.15, -0.1) is 0 Å².